The zero-order valence-corrected chi connectivity index (χ0v) is 12.4. The van der Waals surface area contributed by atoms with Crippen molar-refractivity contribution in [3.05, 3.63) is 62.8 Å². The number of aromatic carboxylic acids is 1. The molecular weight excluding hydrogens is 351 g/mol. The molecule has 0 aliphatic heterocycles. The second-order valence-electron chi connectivity index (χ2n) is 3.95. The zero-order chi connectivity index (χ0) is 14.7. The molecule has 20 heavy (non-hydrogen) atoms. The fourth-order valence-electron chi connectivity index (χ4n) is 1.56. The van der Waals surface area contributed by atoms with E-state index in [9.17, 15) is 9.18 Å². The van der Waals surface area contributed by atoms with Crippen molar-refractivity contribution < 1.29 is 19.0 Å². The highest BCUT2D eigenvalue weighted by Gasteiger charge is 2.10. The van der Waals surface area contributed by atoms with Crippen LogP contribution in [0.25, 0.3) is 0 Å². The average molecular weight is 360 g/mol. The van der Waals surface area contributed by atoms with Crippen LogP contribution in [-0.4, -0.2) is 11.1 Å². The van der Waals surface area contributed by atoms with E-state index in [1.165, 1.54) is 24.3 Å². The monoisotopic (exact) mass is 358 g/mol. The van der Waals surface area contributed by atoms with Crippen LogP contribution in [0.3, 0.4) is 0 Å². The molecule has 0 saturated heterocycles. The van der Waals surface area contributed by atoms with Gasteiger partial charge in [-0.1, -0.05) is 23.7 Å². The standard InChI is InChI=1S/C14H9BrClFO3/c15-10-5-4-8(14(18)19)6-12(10)20-7-9-2-1-3-11(17)13(9)16/h1-6H,7H2,(H,18,19). The minimum atomic E-state index is -1.05. The molecular formula is C14H9BrClFO3. The highest BCUT2D eigenvalue weighted by molar-refractivity contribution is 9.10. The number of hydrogen-bond acceptors (Lipinski definition) is 2. The maximum Gasteiger partial charge on any atom is 0.335 e. The molecule has 6 heteroatoms. The molecule has 2 aromatic rings. The Morgan fingerprint density at radius 3 is 2.80 bits per heavy atom. The summed E-state index contributed by atoms with van der Waals surface area (Å²) in [5.41, 5.74) is 0.591. The van der Waals surface area contributed by atoms with Gasteiger partial charge in [0, 0.05) is 5.56 Å². The molecule has 0 spiro atoms. The Labute approximate surface area is 128 Å². The first kappa shape index (κ1) is 14.8. The number of carbonyl (C=O) groups is 1. The van der Waals surface area contributed by atoms with Gasteiger partial charge in [0.25, 0.3) is 0 Å². The van der Waals surface area contributed by atoms with Crippen LogP contribution in [0.2, 0.25) is 5.02 Å². The second kappa shape index (κ2) is 6.24. The number of rotatable bonds is 4. The maximum absolute atomic E-state index is 13.3. The Hall–Kier alpha value is -1.59. The summed E-state index contributed by atoms with van der Waals surface area (Å²) < 4.78 is 19.4. The van der Waals surface area contributed by atoms with E-state index in [2.05, 4.69) is 15.9 Å². The van der Waals surface area contributed by atoms with Gasteiger partial charge in [0.05, 0.1) is 15.1 Å². The first-order chi connectivity index (χ1) is 9.49. The zero-order valence-electron chi connectivity index (χ0n) is 10.1. The van der Waals surface area contributed by atoms with Gasteiger partial charge in [0.1, 0.15) is 18.2 Å². The molecule has 0 atom stereocenters. The smallest absolute Gasteiger partial charge is 0.335 e. The van der Waals surface area contributed by atoms with E-state index in [-0.39, 0.29) is 17.2 Å². The Morgan fingerprint density at radius 2 is 2.10 bits per heavy atom. The Bertz CT molecular complexity index is 661. The fourth-order valence-corrected chi connectivity index (χ4v) is 2.10. The van der Waals surface area contributed by atoms with Gasteiger partial charge < -0.3 is 9.84 Å². The molecule has 0 amide bonds. The second-order valence-corrected chi connectivity index (χ2v) is 5.18. The third kappa shape index (κ3) is 3.29. The number of ether oxygens (including phenoxy) is 1. The number of carboxylic acids is 1. The lowest BCUT2D eigenvalue weighted by Gasteiger charge is -2.10. The van der Waals surface area contributed by atoms with Gasteiger partial charge in [0.15, 0.2) is 0 Å². The van der Waals surface area contributed by atoms with E-state index >= 15 is 0 Å². The molecule has 2 rings (SSSR count). The van der Waals surface area contributed by atoms with Gasteiger partial charge in [-0.2, -0.15) is 0 Å². The Balaban J connectivity index is 2.20. The third-order valence-corrected chi connectivity index (χ3v) is 3.67. The molecule has 0 fully saturated rings. The van der Waals surface area contributed by atoms with Crippen molar-refractivity contribution in [2.45, 2.75) is 6.61 Å². The van der Waals surface area contributed by atoms with Crippen molar-refractivity contribution in [1.82, 2.24) is 0 Å². The summed E-state index contributed by atoms with van der Waals surface area (Å²) in [5.74, 6) is -1.22. The van der Waals surface area contributed by atoms with Crippen LogP contribution in [0.4, 0.5) is 4.39 Å². The maximum atomic E-state index is 13.3. The van der Waals surface area contributed by atoms with Crippen LogP contribution >= 0.6 is 27.5 Å². The minimum Gasteiger partial charge on any atom is -0.488 e. The van der Waals surface area contributed by atoms with E-state index < -0.39 is 11.8 Å². The van der Waals surface area contributed by atoms with Crippen molar-refractivity contribution in [1.29, 1.82) is 0 Å². The van der Waals surface area contributed by atoms with Gasteiger partial charge in [-0.15, -0.1) is 0 Å². The van der Waals surface area contributed by atoms with Crippen molar-refractivity contribution in [3.8, 4) is 5.75 Å². The molecule has 0 heterocycles. The molecule has 0 radical (unpaired) electrons. The van der Waals surface area contributed by atoms with Crippen molar-refractivity contribution in [3.63, 3.8) is 0 Å². The summed E-state index contributed by atoms with van der Waals surface area (Å²) in [6, 6.07) is 8.84. The molecule has 104 valence electrons. The lowest BCUT2D eigenvalue weighted by Crippen LogP contribution is -2.01. The predicted octanol–water partition coefficient (Wildman–Crippen LogP) is 4.52. The lowest BCUT2D eigenvalue weighted by molar-refractivity contribution is 0.0696. The van der Waals surface area contributed by atoms with E-state index in [1.54, 1.807) is 12.1 Å². The first-order valence-corrected chi connectivity index (χ1v) is 6.74. The Kier molecular flexibility index (Phi) is 4.62. The Morgan fingerprint density at radius 1 is 1.35 bits per heavy atom. The summed E-state index contributed by atoms with van der Waals surface area (Å²) in [5, 5.41) is 8.92. The predicted molar refractivity (Wildman–Crippen MR) is 76.8 cm³/mol. The summed E-state index contributed by atoms with van der Waals surface area (Å²) in [7, 11) is 0. The lowest BCUT2D eigenvalue weighted by atomic mass is 10.2. The summed E-state index contributed by atoms with van der Waals surface area (Å²) >= 11 is 9.08. The number of carboxylic acid groups (broad SMARTS) is 1. The van der Waals surface area contributed by atoms with Gasteiger partial charge in [-0.25, -0.2) is 9.18 Å². The van der Waals surface area contributed by atoms with Crippen molar-refractivity contribution >= 4 is 33.5 Å². The summed E-state index contributed by atoms with van der Waals surface area (Å²) in [4.78, 5) is 10.9. The molecule has 0 aliphatic carbocycles. The molecule has 2 aromatic carbocycles. The average Bonchev–Trinajstić information content (AvgIpc) is 2.41. The molecule has 0 unspecified atom stereocenters. The molecule has 3 nitrogen and oxygen atoms in total. The fraction of sp³-hybridized carbons (Fsp3) is 0.0714. The summed E-state index contributed by atoms with van der Waals surface area (Å²) in [6.45, 7) is 0.0399. The van der Waals surface area contributed by atoms with Crippen LogP contribution in [0.1, 0.15) is 15.9 Å². The molecule has 0 saturated carbocycles. The molecule has 0 aromatic heterocycles. The van der Waals surface area contributed by atoms with E-state index in [0.29, 0.717) is 15.8 Å². The van der Waals surface area contributed by atoms with Gasteiger partial charge in [-0.05, 0) is 40.2 Å². The van der Waals surface area contributed by atoms with Crippen LogP contribution in [0, 0.1) is 5.82 Å². The molecule has 0 bridgehead atoms. The quantitative estimate of drug-likeness (QED) is 0.873. The highest BCUT2D eigenvalue weighted by atomic mass is 79.9. The van der Waals surface area contributed by atoms with Crippen LogP contribution in [0.5, 0.6) is 5.75 Å². The first-order valence-electron chi connectivity index (χ1n) is 5.57. The van der Waals surface area contributed by atoms with E-state index in [1.807, 2.05) is 0 Å². The number of hydrogen-bond donors (Lipinski definition) is 1. The van der Waals surface area contributed by atoms with Crippen molar-refractivity contribution in [2.75, 3.05) is 0 Å². The van der Waals surface area contributed by atoms with Crippen LogP contribution in [0.15, 0.2) is 40.9 Å². The van der Waals surface area contributed by atoms with Crippen LogP contribution < -0.4 is 4.74 Å². The molecule has 0 aliphatic rings. The van der Waals surface area contributed by atoms with E-state index in [4.69, 9.17) is 21.4 Å². The highest BCUT2D eigenvalue weighted by Crippen LogP contribution is 2.28. The molecule has 1 N–H and O–H groups in total. The van der Waals surface area contributed by atoms with Gasteiger partial charge >= 0.3 is 5.97 Å². The largest absolute Gasteiger partial charge is 0.488 e. The number of halogens is 3. The van der Waals surface area contributed by atoms with Gasteiger partial charge in [-0.3, -0.25) is 0 Å². The topological polar surface area (TPSA) is 46.5 Å². The van der Waals surface area contributed by atoms with E-state index in [0.717, 1.165) is 0 Å². The van der Waals surface area contributed by atoms with Crippen LogP contribution in [-0.2, 0) is 6.61 Å². The minimum absolute atomic E-state index is 0.00184. The third-order valence-electron chi connectivity index (χ3n) is 2.59. The SMILES string of the molecule is O=C(O)c1ccc(Br)c(OCc2cccc(F)c2Cl)c1. The normalized spacial score (nSPS) is 10.3. The van der Waals surface area contributed by atoms with Crippen molar-refractivity contribution in [2.24, 2.45) is 0 Å². The van der Waals surface area contributed by atoms with Gasteiger partial charge in [0.2, 0.25) is 0 Å². The summed E-state index contributed by atoms with van der Waals surface area (Å²) in [6.07, 6.45) is 0. The number of benzene rings is 2.